The second kappa shape index (κ2) is 12.1. The van der Waals surface area contributed by atoms with E-state index in [-0.39, 0.29) is 35.2 Å². The fraction of sp³-hybridized carbons (Fsp3) is 0.308. The van der Waals surface area contributed by atoms with Crippen LogP contribution in [0.1, 0.15) is 28.9 Å². The summed E-state index contributed by atoms with van der Waals surface area (Å²) in [6.07, 6.45) is 2.29. The number of para-hydroxylation sites is 1. The predicted octanol–water partition coefficient (Wildman–Crippen LogP) is 2.89. The Hall–Kier alpha value is -4.23. The predicted molar refractivity (Wildman–Crippen MR) is 142 cm³/mol. The Labute approximate surface area is 222 Å². The van der Waals surface area contributed by atoms with Gasteiger partial charge < -0.3 is 31.4 Å². The summed E-state index contributed by atoms with van der Waals surface area (Å²) < 4.78 is 49.4. The molecule has 206 valence electrons. The van der Waals surface area contributed by atoms with Crippen LogP contribution in [0.4, 0.5) is 30.2 Å². The summed E-state index contributed by atoms with van der Waals surface area (Å²) in [5.41, 5.74) is 4.87. The summed E-state index contributed by atoms with van der Waals surface area (Å²) in [6, 6.07) is 6.21. The Balaban J connectivity index is 1.75. The number of carbonyl (C=O) groups is 1. The molecular formula is C26H28F3N7O3. The third-order valence-electron chi connectivity index (χ3n) is 6.33. The van der Waals surface area contributed by atoms with E-state index < -0.39 is 34.6 Å². The second-order valence-electron chi connectivity index (χ2n) is 8.92. The van der Waals surface area contributed by atoms with E-state index in [1.54, 1.807) is 0 Å². The molecule has 5 N–H and O–H groups in total. The van der Waals surface area contributed by atoms with Gasteiger partial charge in [0.2, 0.25) is 0 Å². The van der Waals surface area contributed by atoms with Crippen LogP contribution in [0, 0.1) is 22.9 Å². The van der Waals surface area contributed by atoms with Gasteiger partial charge in [0.1, 0.15) is 17.2 Å². The minimum Gasteiger partial charge on any atom is -0.383 e. The van der Waals surface area contributed by atoms with Gasteiger partial charge in [0.05, 0.1) is 23.7 Å². The third-order valence-corrected chi connectivity index (χ3v) is 6.33. The van der Waals surface area contributed by atoms with Gasteiger partial charge >= 0.3 is 0 Å². The average molecular weight is 544 g/mol. The van der Waals surface area contributed by atoms with Crippen molar-refractivity contribution in [1.29, 1.82) is 5.41 Å². The molecule has 1 aliphatic rings. The number of aromatic nitrogens is 2. The largest absolute Gasteiger partial charge is 0.383 e. The number of benzene rings is 2. The van der Waals surface area contributed by atoms with Crippen LogP contribution in [0.15, 0.2) is 41.2 Å². The molecule has 3 aromatic rings. The lowest BCUT2D eigenvalue weighted by Crippen LogP contribution is -2.40. The first-order valence-corrected chi connectivity index (χ1v) is 12.2. The van der Waals surface area contributed by atoms with Crippen LogP contribution in [-0.4, -0.2) is 61.3 Å². The SMILES string of the molecule is COCCNc1c(F)cc(NC(=O)c2ccc(=O)n(-c3c(F)cccc3F)n2)c(N2CCC(N)CC2)c1C=N. The topological polar surface area (TPSA) is 138 Å². The van der Waals surface area contributed by atoms with Crippen LogP contribution in [0.2, 0.25) is 0 Å². The van der Waals surface area contributed by atoms with E-state index in [1.165, 1.54) is 7.11 Å². The molecular weight excluding hydrogens is 515 g/mol. The maximum absolute atomic E-state index is 15.3. The number of hydrogen-bond acceptors (Lipinski definition) is 8. The second-order valence-corrected chi connectivity index (χ2v) is 8.92. The van der Waals surface area contributed by atoms with Crippen LogP contribution >= 0.6 is 0 Å². The van der Waals surface area contributed by atoms with Gasteiger partial charge in [-0.2, -0.15) is 9.78 Å². The highest BCUT2D eigenvalue weighted by molar-refractivity contribution is 6.08. The van der Waals surface area contributed by atoms with Gasteiger partial charge in [-0.25, -0.2) is 13.2 Å². The molecule has 10 nitrogen and oxygen atoms in total. The lowest BCUT2D eigenvalue weighted by Gasteiger charge is -2.35. The van der Waals surface area contributed by atoms with E-state index in [0.717, 1.165) is 42.6 Å². The molecule has 1 aliphatic heterocycles. The Morgan fingerprint density at radius 1 is 1.15 bits per heavy atom. The first-order chi connectivity index (χ1) is 18.7. The molecule has 2 heterocycles. The fourth-order valence-corrected chi connectivity index (χ4v) is 4.39. The zero-order valence-corrected chi connectivity index (χ0v) is 21.1. The molecule has 0 unspecified atom stereocenters. The molecule has 0 bridgehead atoms. The number of nitrogens with two attached hydrogens (primary N) is 1. The number of methoxy groups -OCH3 is 1. The molecule has 1 aromatic heterocycles. The van der Waals surface area contributed by atoms with Gasteiger partial charge in [0, 0.05) is 56.7 Å². The maximum atomic E-state index is 15.3. The molecule has 1 saturated heterocycles. The molecule has 4 rings (SSSR count). The standard InChI is InChI=1S/C26H28F3N7O3/c1-39-12-9-32-23-16(14-30)24(35-10-7-15(31)8-11-35)21(13-19(23)29)33-26(38)20-5-6-22(37)36(34-20)25-17(27)3-2-4-18(25)28/h2-6,13-15,30,32H,7-12,31H2,1H3,(H,33,38). The van der Waals surface area contributed by atoms with Gasteiger partial charge in [-0.3, -0.25) is 9.59 Å². The van der Waals surface area contributed by atoms with Gasteiger partial charge in [0.15, 0.2) is 11.6 Å². The maximum Gasteiger partial charge on any atom is 0.276 e. The first kappa shape index (κ1) is 27.8. The number of hydrogen-bond donors (Lipinski definition) is 4. The van der Waals surface area contributed by atoms with E-state index in [4.69, 9.17) is 15.9 Å². The normalized spacial score (nSPS) is 13.8. The number of ether oxygens (including phenoxy) is 1. The smallest absolute Gasteiger partial charge is 0.276 e. The van der Waals surface area contributed by atoms with Crippen molar-refractivity contribution in [2.45, 2.75) is 18.9 Å². The summed E-state index contributed by atoms with van der Waals surface area (Å²) in [6.45, 7) is 1.59. The lowest BCUT2D eigenvalue weighted by atomic mass is 10.0. The number of anilines is 3. The highest BCUT2D eigenvalue weighted by Gasteiger charge is 2.26. The Bertz CT molecular complexity index is 1420. The van der Waals surface area contributed by atoms with Crippen LogP contribution in [-0.2, 0) is 4.74 Å². The summed E-state index contributed by atoms with van der Waals surface area (Å²) in [5.74, 6) is -3.65. The number of nitrogens with zero attached hydrogens (tertiary/aromatic N) is 3. The molecule has 1 amide bonds. The minimum atomic E-state index is -1.04. The molecule has 2 aromatic carbocycles. The third kappa shape index (κ3) is 5.94. The lowest BCUT2D eigenvalue weighted by molar-refractivity contribution is 0.102. The minimum absolute atomic E-state index is 0.00787. The highest BCUT2D eigenvalue weighted by Crippen LogP contribution is 2.38. The Morgan fingerprint density at radius 2 is 1.85 bits per heavy atom. The van der Waals surface area contributed by atoms with E-state index in [9.17, 15) is 18.4 Å². The Morgan fingerprint density at radius 3 is 2.49 bits per heavy atom. The van der Waals surface area contributed by atoms with E-state index in [2.05, 4.69) is 15.7 Å². The molecule has 0 spiro atoms. The molecule has 39 heavy (non-hydrogen) atoms. The zero-order valence-electron chi connectivity index (χ0n) is 21.1. The summed E-state index contributed by atoms with van der Waals surface area (Å²) in [7, 11) is 1.51. The van der Waals surface area contributed by atoms with Crippen molar-refractivity contribution in [3.63, 3.8) is 0 Å². The van der Waals surface area contributed by atoms with Gasteiger partial charge in [-0.05, 0) is 31.0 Å². The van der Waals surface area contributed by atoms with E-state index in [1.807, 2.05) is 4.90 Å². The van der Waals surface area contributed by atoms with Crippen molar-refractivity contribution in [3.05, 3.63) is 75.5 Å². The van der Waals surface area contributed by atoms with Gasteiger partial charge in [0.25, 0.3) is 11.5 Å². The summed E-state index contributed by atoms with van der Waals surface area (Å²) in [4.78, 5) is 27.5. The highest BCUT2D eigenvalue weighted by atomic mass is 19.1. The van der Waals surface area contributed by atoms with Crippen LogP contribution < -0.4 is 26.8 Å². The summed E-state index contributed by atoms with van der Waals surface area (Å²) in [5, 5.41) is 17.4. The van der Waals surface area contributed by atoms with E-state index in [0.29, 0.717) is 42.9 Å². The first-order valence-electron chi connectivity index (χ1n) is 12.2. The van der Waals surface area contributed by atoms with Crippen molar-refractivity contribution >= 4 is 29.2 Å². The molecule has 13 heteroatoms. The Kier molecular flexibility index (Phi) is 8.62. The van der Waals surface area contributed by atoms with Crippen molar-refractivity contribution in [2.24, 2.45) is 5.73 Å². The monoisotopic (exact) mass is 543 g/mol. The van der Waals surface area contributed by atoms with Crippen molar-refractivity contribution < 1.29 is 22.7 Å². The fourth-order valence-electron chi connectivity index (χ4n) is 4.39. The molecule has 0 aliphatic carbocycles. The molecule has 1 fully saturated rings. The average Bonchev–Trinajstić information content (AvgIpc) is 2.91. The summed E-state index contributed by atoms with van der Waals surface area (Å²) >= 11 is 0. The van der Waals surface area contributed by atoms with Gasteiger partial charge in [-0.1, -0.05) is 6.07 Å². The van der Waals surface area contributed by atoms with Crippen molar-refractivity contribution in [2.75, 3.05) is 48.9 Å². The quantitative estimate of drug-likeness (QED) is 0.241. The number of rotatable bonds is 9. The number of amides is 1. The van der Waals surface area contributed by atoms with Gasteiger partial charge in [-0.15, -0.1) is 0 Å². The van der Waals surface area contributed by atoms with Crippen LogP contribution in [0.5, 0.6) is 0 Å². The molecule has 0 atom stereocenters. The zero-order chi connectivity index (χ0) is 28.1. The van der Waals surface area contributed by atoms with Crippen LogP contribution in [0.3, 0.4) is 0 Å². The number of piperidine rings is 1. The number of nitrogens with one attached hydrogen (secondary N) is 3. The van der Waals surface area contributed by atoms with E-state index >= 15 is 4.39 Å². The van der Waals surface area contributed by atoms with Crippen molar-refractivity contribution in [1.82, 2.24) is 9.78 Å². The molecule has 0 saturated carbocycles. The number of carbonyl (C=O) groups excluding carboxylic acids is 1. The van der Waals surface area contributed by atoms with Crippen molar-refractivity contribution in [3.8, 4) is 5.69 Å². The van der Waals surface area contributed by atoms with Crippen LogP contribution in [0.25, 0.3) is 5.69 Å². The molecule has 0 radical (unpaired) electrons. The number of halogens is 3.